The molecule has 128 valence electrons. The van der Waals surface area contributed by atoms with Gasteiger partial charge in [0.2, 0.25) is 0 Å². The topological polar surface area (TPSA) is 93.8 Å². The zero-order valence-corrected chi connectivity index (χ0v) is 14.5. The van der Waals surface area contributed by atoms with Crippen LogP contribution in [-0.2, 0) is 0 Å². The van der Waals surface area contributed by atoms with Crippen LogP contribution >= 0.6 is 11.6 Å². The van der Waals surface area contributed by atoms with Gasteiger partial charge in [-0.3, -0.25) is 9.78 Å². The van der Waals surface area contributed by atoms with E-state index < -0.39 is 5.91 Å². The van der Waals surface area contributed by atoms with E-state index in [9.17, 15) is 4.79 Å². The smallest absolute Gasteiger partial charge is 0.251 e. The number of pyridine rings is 1. The largest absolute Gasteiger partial charge is 0.366 e. The Morgan fingerprint density at radius 1 is 1.24 bits per heavy atom. The molecule has 3 rings (SSSR count). The highest BCUT2D eigenvalue weighted by Gasteiger charge is 2.16. The minimum Gasteiger partial charge on any atom is -0.366 e. The molecule has 2 heterocycles. The van der Waals surface area contributed by atoms with Gasteiger partial charge in [0.1, 0.15) is 17.4 Å². The van der Waals surface area contributed by atoms with E-state index in [1.165, 1.54) is 12.5 Å². The predicted octanol–water partition coefficient (Wildman–Crippen LogP) is 3.73. The molecule has 0 bridgehead atoms. The highest BCUT2D eigenvalue weighted by atomic mass is 35.5. The maximum absolute atomic E-state index is 11.6. The molecule has 3 N–H and O–H groups in total. The molecule has 7 heteroatoms. The number of carbonyl (C=O) groups excluding carboxylic acids is 1. The van der Waals surface area contributed by atoms with Crippen molar-refractivity contribution in [1.29, 1.82) is 0 Å². The maximum Gasteiger partial charge on any atom is 0.251 e. The van der Waals surface area contributed by atoms with Gasteiger partial charge in [-0.1, -0.05) is 37.1 Å². The van der Waals surface area contributed by atoms with Crippen molar-refractivity contribution in [3.05, 3.63) is 59.0 Å². The van der Waals surface area contributed by atoms with Gasteiger partial charge >= 0.3 is 0 Å². The van der Waals surface area contributed by atoms with Crippen molar-refractivity contribution < 1.29 is 4.79 Å². The number of hydrogen-bond acceptors (Lipinski definition) is 5. The van der Waals surface area contributed by atoms with Gasteiger partial charge in [0.25, 0.3) is 5.91 Å². The first-order valence-electron chi connectivity index (χ1n) is 8.01. The summed E-state index contributed by atoms with van der Waals surface area (Å²) in [5.41, 5.74) is 7.77. The SMILES string of the molecule is CCC[C@@H](Nc1ncnc2c(C(N)=O)ccnc12)c1cccc(Cl)c1. The molecule has 6 nitrogen and oxygen atoms in total. The number of hydrogen-bond donors (Lipinski definition) is 2. The van der Waals surface area contributed by atoms with Crippen LogP contribution in [0.1, 0.15) is 41.7 Å². The molecule has 3 aromatic rings. The zero-order valence-electron chi connectivity index (χ0n) is 13.7. The highest BCUT2D eigenvalue weighted by molar-refractivity contribution is 6.30. The van der Waals surface area contributed by atoms with Crippen LogP contribution in [0.3, 0.4) is 0 Å². The molecular weight excluding hydrogens is 338 g/mol. The quantitative estimate of drug-likeness (QED) is 0.702. The van der Waals surface area contributed by atoms with Crippen LogP contribution in [0.5, 0.6) is 0 Å². The summed E-state index contributed by atoms with van der Waals surface area (Å²) in [6.07, 6.45) is 4.81. The lowest BCUT2D eigenvalue weighted by Crippen LogP contribution is -2.15. The Kier molecular flexibility index (Phi) is 5.09. The maximum atomic E-state index is 11.6. The van der Waals surface area contributed by atoms with Crippen LogP contribution < -0.4 is 11.1 Å². The minimum absolute atomic E-state index is 0.0147. The normalized spacial score (nSPS) is 12.1. The summed E-state index contributed by atoms with van der Waals surface area (Å²) in [6, 6.07) is 9.28. The predicted molar refractivity (Wildman–Crippen MR) is 98.6 cm³/mol. The Balaban J connectivity index is 2.03. The van der Waals surface area contributed by atoms with Crippen molar-refractivity contribution in [1.82, 2.24) is 15.0 Å². The number of benzene rings is 1. The summed E-state index contributed by atoms with van der Waals surface area (Å²) in [7, 11) is 0. The summed E-state index contributed by atoms with van der Waals surface area (Å²) in [6.45, 7) is 2.11. The van der Waals surface area contributed by atoms with Crippen LogP contribution in [0.25, 0.3) is 11.0 Å². The zero-order chi connectivity index (χ0) is 17.8. The third kappa shape index (κ3) is 3.69. The monoisotopic (exact) mass is 355 g/mol. The summed E-state index contributed by atoms with van der Waals surface area (Å²) < 4.78 is 0. The van der Waals surface area contributed by atoms with Crippen molar-refractivity contribution in [3.63, 3.8) is 0 Å². The van der Waals surface area contributed by atoms with E-state index in [2.05, 4.69) is 27.2 Å². The lowest BCUT2D eigenvalue weighted by atomic mass is 10.0. The van der Waals surface area contributed by atoms with Crippen molar-refractivity contribution in [2.24, 2.45) is 5.73 Å². The second kappa shape index (κ2) is 7.44. The first kappa shape index (κ1) is 17.1. The van der Waals surface area contributed by atoms with E-state index in [1.54, 1.807) is 6.07 Å². The number of nitrogens with zero attached hydrogens (tertiary/aromatic N) is 3. The van der Waals surface area contributed by atoms with E-state index in [1.807, 2.05) is 24.3 Å². The highest BCUT2D eigenvalue weighted by Crippen LogP contribution is 2.28. The lowest BCUT2D eigenvalue weighted by molar-refractivity contribution is 0.100. The van der Waals surface area contributed by atoms with Crippen molar-refractivity contribution in [2.45, 2.75) is 25.8 Å². The molecule has 0 spiro atoms. The Hall–Kier alpha value is -2.73. The number of primary amides is 1. The molecule has 1 amide bonds. The Labute approximate surface area is 150 Å². The molecule has 0 radical (unpaired) electrons. The average molecular weight is 356 g/mol. The lowest BCUT2D eigenvalue weighted by Gasteiger charge is -2.20. The van der Waals surface area contributed by atoms with Crippen LogP contribution in [0.2, 0.25) is 5.02 Å². The van der Waals surface area contributed by atoms with E-state index in [4.69, 9.17) is 17.3 Å². The molecule has 0 saturated carbocycles. The van der Waals surface area contributed by atoms with E-state index >= 15 is 0 Å². The Morgan fingerprint density at radius 2 is 2.08 bits per heavy atom. The number of halogens is 1. The molecule has 1 atom stereocenters. The van der Waals surface area contributed by atoms with Gasteiger partial charge in [0.15, 0.2) is 5.82 Å². The molecule has 0 unspecified atom stereocenters. The van der Waals surface area contributed by atoms with Gasteiger partial charge in [-0.15, -0.1) is 0 Å². The second-order valence-corrected chi connectivity index (χ2v) is 6.12. The van der Waals surface area contributed by atoms with Gasteiger partial charge in [-0.25, -0.2) is 9.97 Å². The third-order valence-electron chi connectivity index (χ3n) is 3.93. The average Bonchev–Trinajstić information content (AvgIpc) is 2.61. The second-order valence-electron chi connectivity index (χ2n) is 5.68. The summed E-state index contributed by atoms with van der Waals surface area (Å²) in [4.78, 5) is 24.4. The number of fused-ring (bicyclic) bond motifs is 1. The van der Waals surface area contributed by atoms with Gasteiger partial charge in [-0.2, -0.15) is 0 Å². The summed E-state index contributed by atoms with van der Waals surface area (Å²) in [5, 5.41) is 4.09. The molecule has 2 aromatic heterocycles. The number of amides is 1. The number of nitrogens with one attached hydrogen (secondary N) is 1. The molecule has 0 aliphatic heterocycles. The first-order valence-corrected chi connectivity index (χ1v) is 8.39. The summed E-state index contributed by atoms with van der Waals surface area (Å²) in [5.74, 6) is 0.0172. The number of rotatable bonds is 6. The molecule has 0 aliphatic carbocycles. The van der Waals surface area contributed by atoms with Crippen LogP contribution in [0, 0.1) is 0 Å². The molecular formula is C18H18ClN5O. The molecule has 0 fully saturated rings. The number of carbonyl (C=O) groups is 1. The number of aromatic nitrogens is 3. The standard InChI is InChI=1S/C18H18ClN5O/c1-2-4-14(11-5-3-6-12(19)9-11)24-18-16-15(22-10-23-18)13(17(20)25)7-8-21-16/h3,5-10,14H,2,4H2,1H3,(H2,20,25)(H,22,23,24)/t14-/m1/s1. The van der Waals surface area contributed by atoms with Crippen molar-refractivity contribution in [2.75, 3.05) is 5.32 Å². The first-order chi connectivity index (χ1) is 12.1. The molecule has 0 saturated heterocycles. The fourth-order valence-corrected chi connectivity index (χ4v) is 2.97. The van der Waals surface area contributed by atoms with E-state index in [0.717, 1.165) is 18.4 Å². The van der Waals surface area contributed by atoms with Crippen molar-refractivity contribution >= 4 is 34.4 Å². The van der Waals surface area contributed by atoms with E-state index in [-0.39, 0.29) is 6.04 Å². The van der Waals surface area contributed by atoms with Crippen LogP contribution in [-0.4, -0.2) is 20.9 Å². The number of anilines is 1. The van der Waals surface area contributed by atoms with Crippen molar-refractivity contribution in [3.8, 4) is 0 Å². The van der Waals surface area contributed by atoms with Crippen LogP contribution in [0.15, 0.2) is 42.9 Å². The number of nitrogens with two attached hydrogens (primary N) is 1. The Bertz CT molecular complexity index is 915. The minimum atomic E-state index is -0.544. The fraction of sp³-hybridized carbons (Fsp3) is 0.222. The summed E-state index contributed by atoms with van der Waals surface area (Å²) >= 11 is 6.13. The van der Waals surface area contributed by atoms with E-state index in [0.29, 0.717) is 27.4 Å². The van der Waals surface area contributed by atoms with Gasteiger partial charge in [0, 0.05) is 11.2 Å². The third-order valence-corrected chi connectivity index (χ3v) is 4.16. The molecule has 25 heavy (non-hydrogen) atoms. The Morgan fingerprint density at radius 3 is 2.80 bits per heavy atom. The fourth-order valence-electron chi connectivity index (χ4n) is 2.77. The van der Waals surface area contributed by atoms with Gasteiger partial charge in [0.05, 0.1) is 11.6 Å². The van der Waals surface area contributed by atoms with Crippen LogP contribution in [0.4, 0.5) is 5.82 Å². The van der Waals surface area contributed by atoms with Gasteiger partial charge in [-0.05, 0) is 30.2 Å². The van der Waals surface area contributed by atoms with Gasteiger partial charge < -0.3 is 11.1 Å². The molecule has 1 aromatic carbocycles. The molecule has 0 aliphatic rings.